The van der Waals surface area contributed by atoms with Crippen LogP contribution in [0, 0.1) is 0 Å². The van der Waals surface area contributed by atoms with Crippen molar-refractivity contribution in [2.45, 2.75) is 79.3 Å². The Morgan fingerprint density at radius 1 is 1.18 bits per heavy atom. The maximum atomic E-state index is 14.8. The monoisotopic (exact) mass is 510 g/mol. The SMILES string of the molecule is O=S1CC(F)(F)c2nc(N3C4CCC3CC(c3ncc(Cl)cn3)C4)nc(NC3(CO)CCC3)c21. The maximum absolute atomic E-state index is 14.8. The lowest BCUT2D eigenvalue weighted by Crippen LogP contribution is -2.49. The van der Waals surface area contributed by atoms with Gasteiger partial charge in [0.2, 0.25) is 5.95 Å². The third kappa shape index (κ3) is 3.58. The number of halogens is 3. The Morgan fingerprint density at radius 3 is 2.44 bits per heavy atom. The van der Waals surface area contributed by atoms with Gasteiger partial charge in [-0.05, 0) is 44.9 Å². The predicted molar refractivity (Wildman–Crippen MR) is 123 cm³/mol. The zero-order valence-corrected chi connectivity index (χ0v) is 20.0. The van der Waals surface area contributed by atoms with Gasteiger partial charge in [-0.15, -0.1) is 0 Å². The highest BCUT2D eigenvalue weighted by Crippen LogP contribution is 2.48. The summed E-state index contributed by atoms with van der Waals surface area (Å²) >= 11 is 5.93. The number of piperidine rings is 1. The van der Waals surface area contributed by atoms with Crippen molar-refractivity contribution in [3.05, 3.63) is 28.9 Å². The number of aromatic nitrogens is 4. The largest absolute Gasteiger partial charge is 0.394 e. The number of hydrogen-bond acceptors (Lipinski definition) is 8. The molecule has 6 rings (SSSR count). The van der Waals surface area contributed by atoms with E-state index in [1.807, 2.05) is 0 Å². The fraction of sp³-hybridized carbons (Fsp3) is 0.636. The number of aliphatic hydroxyl groups is 1. The maximum Gasteiger partial charge on any atom is 0.302 e. The van der Waals surface area contributed by atoms with Crippen LogP contribution in [-0.4, -0.2) is 59.2 Å². The standard InChI is InChI=1S/C22H25ClF2N6O2S/c23-13-8-26-18(27-9-13)12-6-14-2-3-15(7-12)31(14)20-28-17-16(34(33)11-22(17,24)25)19(29-20)30-21(10-32)4-1-5-21/h8-9,12,14-15,32H,1-7,10-11H2,(H,28,29,30). The van der Waals surface area contributed by atoms with Gasteiger partial charge in [0.15, 0.2) is 0 Å². The summed E-state index contributed by atoms with van der Waals surface area (Å²) in [4.78, 5) is 19.8. The van der Waals surface area contributed by atoms with E-state index in [1.165, 1.54) is 0 Å². The molecule has 3 fully saturated rings. The van der Waals surface area contributed by atoms with Crippen molar-refractivity contribution in [2.24, 2.45) is 0 Å². The van der Waals surface area contributed by atoms with Crippen molar-refractivity contribution in [3.8, 4) is 0 Å². The van der Waals surface area contributed by atoms with Gasteiger partial charge >= 0.3 is 5.92 Å². The zero-order chi connectivity index (χ0) is 23.7. The molecule has 0 amide bonds. The average Bonchev–Trinajstić information content (AvgIpc) is 3.18. The first-order valence-corrected chi connectivity index (χ1v) is 13.3. The summed E-state index contributed by atoms with van der Waals surface area (Å²) in [5.41, 5.74) is -1.06. The van der Waals surface area contributed by atoms with Crippen LogP contribution in [0.15, 0.2) is 17.3 Å². The van der Waals surface area contributed by atoms with Gasteiger partial charge in [0.25, 0.3) is 0 Å². The minimum atomic E-state index is -3.28. The Hall–Kier alpha value is -1.98. The Balaban J connectivity index is 1.36. The molecule has 2 bridgehead atoms. The molecular formula is C22H25ClF2N6O2S. The average molecular weight is 511 g/mol. The van der Waals surface area contributed by atoms with Crippen LogP contribution < -0.4 is 10.2 Å². The van der Waals surface area contributed by atoms with E-state index in [2.05, 4.69) is 30.2 Å². The first-order chi connectivity index (χ1) is 16.3. The highest BCUT2D eigenvalue weighted by Gasteiger charge is 2.51. The van der Waals surface area contributed by atoms with Crippen molar-refractivity contribution < 1.29 is 18.1 Å². The fourth-order valence-corrected chi connectivity index (χ4v) is 7.26. The van der Waals surface area contributed by atoms with Crippen molar-refractivity contribution in [1.82, 2.24) is 19.9 Å². The molecule has 2 saturated heterocycles. The molecule has 0 radical (unpaired) electrons. The van der Waals surface area contributed by atoms with Gasteiger partial charge in [-0.3, -0.25) is 4.21 Å². The minimum absolute atomic E-state index is 0.0229. The van der Waals surface area contributed by atoms with E-state index < -0.39 is 33.7 Å². The van der Waals surface area contributed by atoms with E-state index in [0.29, 0.717) is 17.9 Å². The number of hydrogen-bond donors (Lipinski definition) is 2. The summed E-state index contributed by atoms with van der Waals surface area (Å²) in [6.07, 6.45) is 8.88. The van der Waals surface area contributed by atoms with Crippen LogP contribution >= 0.6 is 11.6 Å². The lowest BCUT2D eigenvalue weighted by Gasteiger charge is -2.42. The number of rotatable bonds is 5. The van der Waals surface area contributed by atoms with Crippen LogP contribution in [0.1, 0.15) is 62.4 Å². The van der Waals surface area contributed by atoms with Crippen LogP contribution in [-0.2, 0) is 16.7 Å². The van der Waals surface area contributed by atoms with Gasteiger partial charge < -0.3 is 15.3 Å². The van der Waals surface area contributed by atoms with Gasteiger partial charge in [0, 0.05) is 30.4 Å². The van der Waals surface area contributed by atoms with Gasteiger partial charge in [0.05, 0.1) is 33.7 Å². The molecule has 34 heavy (non-hydrogen) atoms. The number of aliphatic hydroxyl groups excluding tert-OH is 1. The first-order valence-electron chi connectivity index (χ1n) is 11.6. The van der Waals surface area contributed by atoms with Gasteiger partial charge in [-0.2, -0.15) is 13.8 Å². The van der Waals surface area contributed by atoms with E-state index in [9.17, 15) is 18.1 Å². The van der Waals surface area contributed by atoms with E-state index in [0.717, 1.165) is 37.9 Å². The molecule has 0 spiro atoms. The second-order valence-corrected chi connectivity index (χ2v) is 11.7. The molecule has 1 saturated carbocycles. The molecule has 3 atom stereocenters. The Morgan fingerprint density at radius 2 is 1.85 bits per heavy atom. The number of alkyl halides is 2. The van der Waals surface area contributed by atoms with Crippen molar-refractivity contribution >= 4 is 34.2 Å². The van der Waals surface area contributed by atoms with Gasteiger partial charge in [0.1, 0.15) is 22.2 Å². The number of anilines is 2. The number of fused-ring (bicyclic) bond motifs is 3. The first kappa shape index (κ1) is 22.5. The molecule has 0 aromatic carbocycles. The molecule has 2 aromatic rings. The van der Waals surface area contributed by atoms with Crippen molar-refractivity contribution in [1.29, 1.82) is 0 Å². The summed E-state index contributed by atoms with van der Waals surface area (Å²) in [5, 5.41) is 13.6. The molecule has 3 aliphatic heterocycles. The summed E-state index contributed by atoms with van der Waals surface area (Å²) in [6.45, 7) is -0.137. The van der Waals surface area contributed by atoms with E-state index in [1.54, 1.807) is 12.4 Å². The summed E-state index contributed by atoms with van der Waals surface area (Å²) in [6, 6.07) is 0.148. The second kappa shape index (κ2) is 8.03. The summed E-state index contributed by atoms with van der Waals surface area (Å²) < 4.78 is 42.3. The second-order valence-electron chi connectivity index (χ2n) is 9.88. The molecule has 2 aromatic heterocycles. The van der Waals surface area contributed by atoms with Crippen LogP contribution in [0.4, 0.5) is 20.5 Å². The Kier molecular flexibility index (Phi) is 5.31. The number of nitrogens with one attached hydrogen (secondary N) is 1. The Labute approximate surface area is 203 Å². The fourth-order valence-electron chi connectivity index (χ4n) is 5.83. The topological polar surface area (TPSA) is 104 Å². The Bertz CT molecular complexity index is 1130. The smallest absolute Gasteiger partial charge is 0.302 e. The van der Waals surface area contributed by atoms with Crippen LogP contribution in [0.25, 0.3) is 0 Å². The molecule has 182 valence electrons. The van der Waals surface area contributed by atoms with Crippen LogP contribution in [0.5, 0.6) is 0 Å². The van der Waals surface area contributed by atoms with Crippen molar-refractivity contribution in [2.75, 3.05) is 22.6 Å². The molecule has 2 N–H and O–H groups in total. The highest BCUT2D eigenvalue weighted by molar-refractivity contribution is 7.85. The lowest BCUT2D eigenvalue weighted by molar-refractivity contribution is 0.0191. The van der Waals surface area contributed by atoms with Crippen LogP contribution in [0.2, 0.25) is 5.02 Å². The van der Waals surface area contributed by atoms with E-state index in [4.69, 9.17) is 11.6 Å². The highest BCUT2D eigenvalue weighted by atomic mass is 35.5. The number of nitrogens with zero attached hydrogens (tertiary/aromatic N) is 5. The van der Waals surface area contributed by atoms with E-state index >= 15 is 0 Å². The van der Waals surface area contributed by atoms with Gasteiger partial charge in [-0.1, -0.05) is 11.6 Å². The summed E-state index contributed by atoms with van der Waals surface area (Å²) in [7, 11) is -1.91. The molecule has 3 unspecified atom stereocenters. The molecule has 4 aliphatic rings. The molecule has 12 heteroatoms. The van der Waals surface area contributed by atoms with Gasteiger partial charge in [-0.25, -0.2) is 15.0 Å². The zero-order valence-electron chi connectivity index (χ0n) is 18.4. The lowest BCUT2D eigenvalue weighted by atomic mass is 9.77. The predicted octanol–water partition coefficient (Wildman–Crippen LogP) is 3.37. The minimum Gasteiger partial charge on any atom is -0.394 e. The molecule has 1 aliphatic carbocycles. The third-order valence-electron chi connectivity index (χ3n) is 7.71. The summed E-state index contributed by atoms with van der Waals surface area (Å²) in [5.74, 6) is -2.75. The van der Waals surface area contributed by atoms with Crippen molar-refractivity contribution in [3.63, 3.8) is 0 Å². The molecule has 8 nitrogen and oxygen atoms in total. The van der Waals surface area contributed by atoms with E-state index in [-0.39, 0.29) is 41.3 Å². The molecule has 5 heterocycles. The third-order valence-corrected chi connectivity index (χ3v) is 9.37. The normalized spacial score (nSPS) is 30.6. The molecular weight excluding hydrogens is 486 g/mol. The quantitative estimate of drug-likeness (QED) is 0.631. The van der Waals surface area contributed by atoms with Crippen LogP contribution in [0.3, 0.4) is 0 Å².